The fourth-order valence-corrected chi connectivity index (χ4v) is 5.88. The first-order valence-corrected chi connectivity index (χ1v) is 15.5. The first-order valence-electron chi connectivity index (χ1n) is 15.5. The molecular weight excluding hydrogens is 602 g/mol. The molecule has 7 aromatic rings. The van der Waals surface area contributed by atoms with Gasteiger partial charge < -0.3 is 20.8 Å². The van der Waals surface area contributed by atoms with Crippen LogP contribution in [0.15, 0.2) is 97.1 Å². The van der Waals surface area contributed by atoms with Crippen LogP contribution in [0.5, 0.6) is 0 Å². The van der Waals surface area contributed by atoms with Crippen molar-refractivity contribution in [3.05, 3.63) is 97.1 Å². The van der Waals surface area contributed by atoms with Gasteiger partial charge in [0.1, 0.15) is 28.6 Å². The van der Waals surface area contributed by atoms with Gasteiger partial charge in [0.05, 0.1) is 0 Å². The monoisotopic (exact) mass is 631 g/mol. The summed E-state index contributed by atoms with van der Waals surface area (Å²) >= 11 is 0. The molecule has 0 saturated heterocycles. The van der Waals surface area contributed by atoms with E-state index in [0.29, 0.717) is 45.9 Å². The molecule has 11 nitrogen and oxygen atoms in total. The number of aromatic amines is 2. The molecule has 9 rings (SSSR count). The summed E-state index contributed by atoms with van der Waals surface area (Å²) in [6, 6.07) is 31.5. The highest BCUT2D eigenvalue weighted by molar-refractivity contribution is 6.06. The molecule has 2 aliphatic heterocycles. The smallest absolute Gasteiger partial charge is 0.320 e. The van der Waals surface area contributed by atoms with Crippen molar-refractivity contribution in [1.82, 2.24) is 39.9 Å². The van der Waals surface area contributed by atoms with Gasteiger partial charge in [0.25, 0.3) is 0 Å². The molecule has 0 unspecified atom stereocenters. The van der Waals surface area contributed by atoms with E-state index in [2.05, 4.69) is 9.97 Å². The molecule has 3 aromatic heterocycles. The number of H-pyrrole nitrogens is 2. The average molecular weight is 632 g/mol. The Labute approximate surface area is 273 Å². The minimum atomic E-state index is -0.931. The summed E-state index contributed by atoms with van der Waals surface area (Å²) in [5, 5.41) is 12.0. The number of nitrogens with two attached hydrogens (primary N) is 1. The van der Waals surface area contributed by atoms with Crippen molar-refractivity contribution in [3.63, 3.8) is 0 Å². The van der Waals surface area contributed by atoms with Crippen LogP contribution in [0.1, 0.15) is 13.8 Å². The van der Waals surface area contributed by atoms with Crippen LogP contribution >= 0.6 is 0 Å². The third kappa shape index (κ3) is 4.93. The molecule has 4 aromatic carbocycles. The Bertz CT molecular complexity index is 2250. The van der Waals surface area contributed by atoms with E-state index in [9.17, 15) is 4.79 Å². The number of aliphatic carboxylic acids is 1. The van der Waals surface area contributed by atoms with Gasteiger partial charge in [0, 0.05) is 43.8 Å². The third-order valence-electron chi connectivity index (χ3n) is 8.46. The van der Waals surface area contributed by atoms with Crippen molar-refractivity contribution in [2.75, 3.05) is 0 Å². The fraction of sp³-hybridized carbons (Fsp3) is 0.108. The highest BCUT2D eigenvalue weighted by atomic mass is 16.4. The van der Waals surface area contributed by atoms with Crippen molar-refractivity contribution < 1.29 is 9.90 Å². The summed E-state index contributed by atoms with van der Waals surface area (Å²) in [4.78, 5) is 46.8. The standard InChI is InChI=1S/C32H18N8.C5H11NO2/c1-2-10-18-17(9-1)25-33-26(18)38-28-21-13-5-6-14-22(21)30(35-28)40-32-24-16-8-7-15-23(24)31(36-32)39-29-20-12-4-3-11-19(20)27(34-29)37-25;1-3(2)4(6)5(7)8/h1-16H,(H2,33,34,35,36,37,38,39,40);3-4H,6H2,1-2H3,(H,7,8)/t;4-/m.0/s1. The molecule has 0 fully saturated rings. The number of carbonyl (C=O) groups is 1. The number of hydrogen-bond acceptors (Lipinski definition) is 8. The minimum Gasteiger partial charge on any atom is -0.480 e. The maximum absolute atomic E-state index is 10.0. The zero-order valence-corrected chi connectivity index (χ0v) is 26.0. The average Bonchev–Trinajstić information content (AvgIpc) is 3.84. The Balaban J connectivity index is 0.000000377. The first kappa shape index (κ1) is 29.1. The van der Waals surface area contributed by atoms with Crippen LogP contribution < -0.4 is 5.73 Å². The third-order valence-corrected chi connectivity index (χ3v) is 8.46. The quantitative estimate of drug-likeness (QED) is 0.158. The van der Waals surface area contributed by atoms with Gasteiger partial charge in [-0.3, -0.25) is 4.79 Å². The number of aromatic nitrogens is 8. The zero-order valence-electron chi connectivity index (χ0n) is 26.0. The number of fused-ring (bicyclic) bond motifs is 20. The van der Waals surface area contributed by atoms with E-state index in [-0.39, 0.29) is 5.92 Å². The second kappa shape index (κ2) is 11.5. The van der Waals surface area contributed by atoms with Gasteiger partial charge in [-0.05, 0) is 5.92 Å². The second-order valence-electron chi connectivity index (χ2n) is 11.9. The van der Waals surface area contributed by atoms with E-state index in [1.165, 1.54) is 0 Å². The summed E-state index contributed by atoms with van der Waals surface area (Å²) in [5.74, 6) is 1.48. The molecule has 48 heavy (non-hydrogen) atoms. The number of carboxylic acids is 1. The molecule has 5 N–H and O–H groups in total. The minimum absolute atomic E-state index is 0.0208. The Morgan fingerprint density at radius 3 is 1.02 bits per heavy atom. The lowest BCUT2D eigenvalue weighted by molar-refractivity contribution is -0.139. The summed E-state index contributed by atoms with van der Waals surface area (Å²) in [6.45, 7) is 3.55. The lowest BCUT2D eigenvalue weighted by Crippen LogP contribution is -2.34. The molecule has 0 amide bonds. The number of nitrogens with one attached hydrogen (secondary N) is 2. The van der Waals surface area contributed by atoms with Gasteiger partial charge in [-0.15, -0.1) is 0 Å². The zero-order chi connectivity index (χ0) is 32.9. The van der Waals surface area contributed by atoms with E-state index in [0.717, 1.165) is 43.8 Å². The van der Waals surface area contributed by atoms with Crippen LogP contribution in [-0.2, 0) is 4.79 Å². The highest BCUT2D eigenvalue weighted by Crippen LogP contribution is 2.36. The van der Waals surface area contributed by atoms with Crippen molar-refractivity contribution in [2.24, 2.45) is 11.7 Å². The van der Waals surface area contributed by atoms with Gasteiger partial charge in [-0.1, -0.05) is 111 Å². The number of rotatable bonds is 2. The van der Waals surface area contributed by atoms with E-state index < -0.39 is 12.0 Å². The van der Waals surface area contributed by atoms with Crippen LogP contribution in [0, 0.1) is 5.92 Å². The fourth-order valence-electron chi connectivity index (χ4n) is 5.88. The first-order chi connectivity index (χ1) is 23.4. The summed E-state index contributed by atoms with van der Waals surface area (Å²) in [6.07, 6.45) is 0. The molecular formula is C37H29N9O2. The molecule has 0 radical (unpaired) electrons. The van der Waals surface area contributed by atoms with E-state index >= 15 is 0 Å². The maximum Gasteiger partial charge on any atom is 0.320 e. The molecule has 0 aliphatic carbocycles. The van der Waals surface area contributed by atoms with Gasteiger partial charge >= 0.3 is 5.97 Å². The molecule has 8 bridgehead atoms. The topological polar surface area (TPSA) is 172 Å². The lowest BCUT2D eigenvalue weighted by Gasteiger charge is -2.07. The molecule has 0 saturated carbocycles. The van der Waals surface area contributed by atoms with Crippen LogP contribution in [-0.4, -0.2) is 57.0 Å². The maximum atomic E-state index is 10.0. The Morgan fingerprint density at radius 1 is 0.521 bits per heavy atom. The molecule has 0 spiro atoms. The summed E-state index contributed by atoms with van der Waals surface area (Å²) in [7, 11) is 0. The predicted octanol–water partition coefficient (Wildman–Crippen LogP) is 6.92. The SMILES string of the molecule is CC(C)[C@H](N)C(=O)O.c1ccc2c(c1)-c1nc-2nc2[nH]c(nc3nc(nc4[nH]c(n1)c1ccccc41)-c1ccccc1-3)c1ccccc21. The van der Waals surface area contributed by atoms with Crippen molar-refractivity contribution in [3.8, 4) is 45.6 Å². The van der Waals surface area contributed by atoms with Crippen LogP contribution in [0.3, 0.4) is 0 Å². The Morgan fingerprint density at radius 2 is 0.792 bits per heavy atom. The molecule has 5 heterocycles. The van der Waals surface area contributed by atoms with Crippen molar-refractivity contribution >= 4 is 50.1 Å². The van der Waals surface area contributed by atoms with Gasteiger partial charge in [-0.2, -0.15) is 0 Å². The van der Waals surface area contributed by atoms with Crippen LogP contribution in [0.2, 0.25) is 0 Å². The van der Waals surface area contributed by atoms with E-state index in [1.54, 1.807) is 13.8 Å². The molecule has 11 heteroatoms. The van der Waals surface area contributed by atoms with E-state index in [1.807, 2.05) is 97.1 Å². The molecule has 1 atom stereocenters. The van der Waals surface area contributed by atoms with Gasteiger partial charge in [0.15, 0.2) is 23.3 Å². The lowest BCUT2D eigenvalue weighted by atomic mass is 10.1. The Hall–Kier alpha value is -6.33. The normalized spacial score (nSPS) is 12.3. The summed E-state index contributed by atoms with van der Waals surface area (Å²) in [5.41, 5.74) is 11.6. The number of hydrogen-bond donors (Lipinski definition) is 4. The van der Waals surface area contributed by atoms with E-state index in [4.69, 9.17) is 40.7 Å². The largest absolute Gasteiger partial charge is 0.480 e. The van der Waals surface area contributed by atoms with Gasteiger partial charge in [0.2, 0.25) is 0 Å². The predicted molar refractivity (Wildman–Crippen MR) is 187 cm³/mol. The van der Waals surface area contributed by atoms with Crippen molar-refractivity contribution in [2.45, 2.75) is 19.9 Å². The van der Waals surface area contributed by atoms with Crippen molar-refractivity contribution in [1.29, 1.82) is 0 Å². The van der Waals surface area contributed by atoms with Crippen LogP contribution in [0.25, 0.3) is 89.7 Å². The van der Waals surface area contributed by atoms with Crippen LogP contribution in [0.4, 0.5) is 0 Å². The number of carboxylic acid groups (broad SMARTS) is 1. The number of benzene rings is 4. The highest BCUT2D eigenvalue weighted by Gasteiger charge is 2.21. The summed E-state index contributed by atoms with van der Waals surface area (Å²) < 4.78 is 0. The molecule has 234 valence electrons. The van der Waals surface area contributed by atoms with Gasteiger partial charge in [-0.25, -0.2) is 29.9 Å². The molecule has 2 aliphatic rings. The second-order valence-corrected chi connectivity index (χ2v) is 11.9. The Kier molecular flexibility index (Phi) is 6.96. The number of nitrogens with zero attached hydrogens (tertiary/aromatic N) is 6.